The van der Waals surface area contributed by atoms with Gasteiger partial charge in [-0.25, -0.2) is 4.79 Å². The van der Waals surface area contributed by atoms with Gasteiger partial charge in [-0.15, -0.1) is 0 Å². The molecule has 0 aliphatic carbocycles. The van der Waals surface area contributed by atoms with Gasteiger partial charge in [0.1, 0.15) is 0 Å². The summed E-state index contributed by atoms with van der Waals surface area (Å²) in [6, 6.07) is 5.22. The Morgan fingerprint density at radius 3 is 2.59 bits per heavy atom. The second-order valence-corrected chi connectivity index (χ2v) is 4.87. The molecule has 0 saturated carbocycles. The van der Waals surface area contributed by atoms with E-state index in [1.165, 1.54) is 0 Å². The molecule has 0 aliphatic heterocycles. The van der Waals surface area contributed by atoms with Crippen molar-refractivity contribution in [2.24, 2.45) is 0 Å². The molecule has 0 saturated heterocycles. The maximum atomic E-state index is 11.8. The summed E-state index contributed by atoms with van der Waals surface area (Å²) in [5.74, 6) is -0.355. The molecule has 1 aromatic carbocycles. The highest BCUT2D eigenvalue weighted by molar-refractivity contribution is 5.99. The summed E-state index contributed by atoms with van der Waals surface area (Å²) in [7, 11) is 0. The molecule has 17 heavy (non-hydrogen) atoms. The summed E-state index contributed by atoms with van der Waals surface area (Å²) in [5.41, 5.74) is 7.38. The average Bonchev–Trinajstić information content (AvgIpc) is 2.19. The van der Waals surface area contributed by atoms with Crippen LogP contribution >= 0.6 is 0 Å². The SMILES string of the molecule is CCOC(=O)c1cccc(N)c1NC(C)(C)C. The first-order valence-electron chi connectivity index (χ1n) is 5.69. The van der Waals surface area contributed by atoms with Gasteiger partial charge in [0.2, 0.25) is 0 Å². The van der Waals surface area contributed by atoms with E-state index in [0.717, 1.165) is 0 Å². The Labute approximate surface area is 102 Å². The van der Waals surface area contributed by atoms with E-state index in [1.54, 1.807) is 25.1 Å². The van der Waals surface area contributed by atoms with Crippen LogP contribution in [-0.4, -0.2) is 18.1 Å². The average molecular weight is 236 g/mol. The fraction of sp³-hybridized carbons (Fsp3) is 0.462. The first kappa shape index (κ1) is 13.4. The predicted octanol–water partition coefficient (Wildman–Crippen LogP) is 2.66. The zero-order valence-corrected chi connectivity index (χ0v) is 10.8. The van der Waals surface area contributed by atoms with E-state index in [-0.39, 0.29) is 11.5 Å². The number of hydrogen-bond donors (Lipinski definition) is 2. The van der Waals surface area contributed by atoms with E-state index in [4.69, 9.17) is 10.5 Å². The van der Waals surface area contributed by atoms with E-state index < -0.39 is 0 Å². The van der Waals surface area contributed by atoms with Crippen LogP contribution in [0.4, 0.5) is 11.4 Å². The van der Waals surface area contributed by atoms with Gasteiger partial charge in [-0.1, -0.05) is 6.07 Å². The van der Waals surface area contributed by atoms with Crippen LogP contribution in [0, 0.1) is 0 Å². The molecule has 0 spiro atoms. The summed E-state index contributed by atoms with van der Waals surface area (Å²) in [6.07, 6.45) is 0. The molecular weight excluding hydrogens is 216 g/mol. The van der Waals surface area contributed by atoms with Gasteiger partial charge in [0, 0.05) is 5.54 Å². The van der Waals surface area contributed by atoms with Gasteiger partial charge >= 0.3 is 5.97 Å². The van der Waals surface area contributed by atoms with Crippen molar-refractivity contribution in [3.8, 4) is 0 Å². The molecule has 0 heterocycles. The van der Waals surface area contributed by atoms with Crippen LogP contribution < -0.4 is 11.1 Å². The minimum Gasteiger partial charge on any atom is -0.462 e. The van der Waals surface area contributed by atoms with Crippen LogP contribution in [0.2, 0.25) is 0 Å². The molecule has 0 bridgehead atoms. The van der Waals surface area contributed by atoms with Gasteiger partial charge in [-0.2, -0.15) is 0 Å². The highest BCUT2D eigenvalue weighted by Crippen LogP contribution is 2.27. The van der Waals surface area contributed by atoms with Gasteiger partial charge in [-0.05, 0) is 39.8 Å². The molecule has 0 fully saturated rings. The largest absolute Gasteiger partial charge is 0.462 e. The van der Waals surface area contributed by atoms with Crippen molar-refractivity contribution >= 4 is 17.3 Å². The van der Waals surface area contributed by atoms with Crippen molar-refractivity contribution in [3.63, 3.8) is 0 Å². The Hall–Kier alpha value is -1.71. The molecule has 0 aliphatic rings. The normalized spacial score (nSPS) is 11.1. The quantitative estimate of drug-likeness (QED) is 0.625. The summed E-state index contributed by atoms with van der Waals surface area (Å²) in [4.78, 5) is 11.8. The number of nitrogens with one attached hydrogen (secondary N) is 1. The molecule has 0 amide bonds. The Morgan fingerprint density at radius 1 is 1.41 bits per heavy atom. The van der Waals surface area contributed by atoms with E-state index >= 15 is 0 Å². The Bertz CT molecular complexity index is 408. The lowest BCUT2D eigenvalue weighted by Crippen LogP contribution is -2.28. The number of esters is 1. The van der Waals surface area contributed by atoms with E-state index in [2.05, 4.69) is 5.32 Å². The molecule has 4 nitrogen and oxygen atoms in total. The number of rotatable bonds is 3. The lowest BCUT2D eigenvalue weighted by Gasteiger charge is -2.24. The molecule has 94 valence electrons. The molecule has 0 atom stereocenters. The van der Waals surface area contributed by atoms with Crippen LogP contribution in [0.5, 0.6) is 0 Å². The second kappa shape index (κ2) is 5.08. The molecule has 0 radical (unpaired) electrons. The fourth-order valence-corrected chi connectivity index (χ4v) is 1.46. The van der Waals surface area contributed by atoms with Crippen molar-refractivity contribution in [1.29, 1.82) is 0 Å². The monoisotopic (exact) mass is 236 g/mol. The van der Waals surface area contributed by atoms with E-state index in [1.807, 2.05) is 20.8 Å². The lowest BCUT2D eigenvalue weighted by molar-refractivity contribution is 0.0527. The third kappa shape index (κ3) is 3.66. The number of carbonyl (C=O) groups is 1. The Kier molecular flexibility index (Phi) is 3.99. The smallest absolute Gasteiger partial charge is 0.340 e. The van der Waals surface area contributed by atoms with Crippen molar-refractivity contribution in [2.45, 2.75) is 33.2 Å². The number of carbonyl (C=O) groups excluding carboxylic acids is 1. The first-order valence-corrected chi connectivity index (χ1v) is 5.69. The lowest BCUT2D eigenvalue weighted by atomic mass is 10.1. The standard InChI is InChI=1S/C13H20N2O2/c1-5-17-12(16)9-7-6-8-10(14)11(9)15-13(2,3)4/h6-8,15H,5,14H2,1-4H3. The number of nitrogens with two attached hydrogens (primary N) is 1. The Balaban J connectivity index is 3.13. The number of anilines is 2. The number of benzene rings is 1. The first-order chi connectivity index (χ1) is 7.85. The molecule has 0 aromatic heterocycles. The van der Waals surface area contributed by atoms with Gasteiger partial charge < -0.3 is 15.8 Å². The predicted molar refractivity (Wildman–Crippen MR) is 70.2 cm³/mol. The summed E-state index contributed by atoms with van der Waals surface area (Å²) < 4.78 is 5.00. The zero-order valence-electron chi connectivity index (χ0n) is 10.8. The third-order valence-electron chi connectivity index (χ3n) is 2.09. The summed E-state index contributed by atoms with van der Waals surface area (Å²) >= 11 is 0. The minimum atomic E-state index is -0.355. The van der Waals surface area contributed by atoms with E-state index in [9.17, 15) is 4.79 Å². The van der Waals surface area contributed by atoms with Crippen LogP contribution in [0.3, 0.4) is 0 Å². The second-order valence-electron chi connectivity index (χ2n) is 4.87. The maximum absolute atomic E-state index is 11.8. The van der Waals surface area contributed by atoms with Crippen molar-refractivity contribution in [3.05, 3.63) is 23.8 Å². The van der Waals surface area contributed by atoms with E-state index in [0.29, 0.717) is 23.5 Å². The zero-order chi connectivity index (χ0) is 13.1. The van der Waals surface area contributed by atoms with Gasteiger partial charge in [0.05, 0.1) is 23.5 Å². The molecule has 0 unspecified atom stereocenters. The fourth-order valence-electron chi connectivity index (χ4n) is 1.46. The number of ether oxygens (including phenoxy) is 1. The van der Waals surface area contributed by atoms with Crippen LogP contribution in [-0.2, 0) is 4.74 Å². The maximum Gasteiger partial charge on any atom is 0.340 e. The highest BCUT2D eigenvalue weighted by Gasteiger charge is 2.19. The molecule has 1 aromatic rings. The van der Waals surface area contributed by atoms with Crippen molar-refractivity contribution in [1.82, 2.24) is 0 Å². The molecule has 4 heteroatoms. The van der Waals surface area contributed by atoms with Crippen molar-refractivity contribution in [2.75, 3.05) is 17.7 Å². The minimum absolute atomic E-state index is 0.170. The highest BCUT2D eigenvalue weighted by atomic mass is 16.5. The summed E-state index contributed by atoms with van der Waals surface area (Å²) in [5, 5.41) is 3.23. The van der Waals surface area contributed by atoms with Crippen molar-refractivity contribution < 1.29 is 9.53 Å². The molecule has 3 N–H and O–H groups in total. The number of hydrogen-bond acceptors (Lipinski definition) is 4. The topological polar surface area (TPSA) is 64.3 Å². The molecule has 1 rings (SSSR count). The van der Waals surface area contributed by atoms with Gasteiger partial charge in [-0.3, -0.25) is 0 Å². The number of nitrogen functional groups attached to an aromatic ring is 1. The van der Waals surface area contributed by atoms with Crippen LogP contribution in [0.1, 0.15) is 38.1 Å². The van der Waals surface area contributed by atoms with Crippen LogP contribution in [0.25, 0.3) is 0 Å². The summed E-state index contributed by atoms with van der Waals surface area (Å²) in [6.45, 7) is 8.15. The molecular formula is C13H20N2O2. The number of para-hydroxylation sites is 1. The van der Waals surface area contributed by atoms with Gasteiger partial charge in [0.15, 0.2) is 0 Å². The van der Waals surface area contributed by atoms with Gasteiger partial charge in [0.25, 0.3) is 0 Å². The van der Waals surface area contributed by atoms with Crippen LogP contribution in [0.15, 0.2) is 18.2 Å². The third-order valence-corrected chi connectivity index (χ3v) is 2.09. The Morgan fingerprint density at radius 2 is 2.06 bits per heavy atom.